The normalized spacial score (nSPS) is 12.1. The van der Waals surface area contributed by atoms with Crippen LogP contribution < -0.4 is 5.56 Å². The lowest BCUT2D eigenvalue weighted by Crippen LogP contribution is -2.27. The fraction of sp³-hybridized carbons (Fsp3) is 0.227. The van der Waals surface area contributed by atoms with E-state index in [0.717, 1.165) is 17.8 Å². The molecule has 0 unspecified atom stereocenters. The second-order valence-electron chi connectivity index (χ2n) is 7.35. The van der Waals surface area contributed by atoms with Crippen molar-refractivity contribution in [3.05, 3.63) is 88.0 Å². The van der Waals surface area contributed by atoms with Gasteiger partial charge in [-0.15, -0.1) is 0 Å². The van der Waals surface area contributed by atoms with Crippen molar-refractivity contribution < 1.29 is 13.2 Å². The molecule has 0 radical (unpaired) electrons. The number of para-hydroxylation sites is 1. The first-order valence-corrected chi connectivity index (χ1v) is 9.46. The number of aromatic nitrogens is 4. The van der Waals surface area contributed by atoms with Crippen LogP contribution >= 0.6 is 0 Å². The summed E-state index contributed by atoms with van der Waals surface area (Å²) in [6.45, 7) is 4.00. The predicted molar refractivity (Wildman–Crippen MR) is 108 cm³/mol. The minimum absolute atomic E-state index is 0.0281. The van der Waals surface area contributed by atoms with Gasteiger partial charge in [0.25, 0.3) is 5.56 Å². The summed E-state index contributed by atoms with van der Waals surface area (Å²) in [5, 5.41) is 9.57. The number of benzene rings is 2. The monoisotopic (exact) mass is 412 g/mol. The van der Waals surface area contributed by atoms with Gasteiger partial charge in [-0.25, -0.2) is 9.36 Å². The minimum atomic E-state index is -4.40. The maximum atomic E-state index is 13.2. The van der Waals surface area contributed by atoms with E-state index in [0.29, 0.717) is 22.2 Å². The van der Waals surface area contributed by atoms with Crippen LogP contribution in [0.5, 0.6) is 0 Å². The Hall–Kier alpha value is -3.42. The summed E-state index contributed by atoms with van der Waals surface area (Å²) in [6, 6.07) is 14.0. The number of halogens is 3. The van der Waals surface area contributed by atoms with Crippen molar-refractivity contribution in [1.82, 2.24) is 19.6 Å². The number of hydrogen-bond acceptors (Lipinski definition) is 3. The molecule has 2 aromatic heterocycles. The highest BCUT2D eigenvalue weighted by Gasteiger charge is 2.30. The lowest BCUT2D eigenvalue weighted by Gasteiger charge is -2.13. The van der Waals surface area contributed by atoms with Crippen molar-refractivity contribution in [2.24, 2.45) is 0 Å². The van der Waals surface area contributed by atoms with Crippen molar-refractivity contribution in [3.63, 3.8) is 0 Å². The maximum Gasteiger partial charge on any atom is 0.416 e. The van der Waals surface area contributed by atoms with Gasteiger partial charge >= 0.3 is 6.18 Å². The molecule has 0 aliphatic heterocycles. The zero-order chi connectivity index (χ0) is 21.5. The van der Waals surface area contributed by atoms with Gasteiger partial charge in [0.2, 0.25) is 0 Å². The van der Waals surface area contributed by atoms with E-state index in [1.165, 1.54) is 16.8 Å². The van der Waals surface area contributed by atoms with E-state index < -0.39 is 11.7 Å². The van der Waals surface area contributed by atoms with Gasteiger partial charge < -0.3 is 0 Å². The summed E-state index contributed by atoms with van der Waals surface area (Å²) in [5.74, 6) is 0.0281. The molecule has 8 heteroatoms. The highest BCUT2D eigenvalue weighted by Crippen LogP contribution is 2.29. The first-order chi connectivity index (χ1) is 14.3. The summed E-state index contributed by atoms with van der Waals surface area (Å²) in [5.41, 5.74) is 1.32. The van der Waals surface area contributed by atoms with Gasteiger partial charge in [0.05, 0.1) is 29.7 Å². The molecule has 0 saturated carbocycles. The van der Waals surface area contributed by atoms with Crippen LogP contribution in [0.1, 0.15) is 36.6 Å². The number of fused-ring (bicyclic) bond motifs is 1. The van der Waals surface area contributed by atoms with Crippen LogP contribution in [-0.4, -0.2) is 19.6 Å². The molecule has 5 nitrogen and oxygen atoms in total. The van der Waals surface area contributed by atoms with Gasteiger partial charge in [-0.2, -0.15) is 23.4 Å². The van der Waals surface area contributed by atoms with Crippen LogP contribution in [0, 0.1) is 0 Å². The van der Waals surface area contributed by atoms with Crippen LogP contribution in [0.25, 0.3) is 16.6 Å². The fourth-order valence-corrected chi connectivity index (χ4v) is 3.36. The van der Waals surface area contributed by atoms with Crippen LogP contribution in [0.3, 0.4) is 0 Å². The molecule has 154 valence electrons. The molecular weight excluding hydrogens is 393 g/mol. The molecule has 4 aromatic rings. The Bertz CT molecular complexity index is 1240. The van der Waals surface area contributed by atoms with Gasteiger partial charge in [-0.1, -0.05) is 44.2 Å². The quantitative estimate of drug-likeness (QED) is 0.485. The lowest BCUT2D eigenvalue weighted by molar-refractivity contribution is -0.137. The average Bonchev–Trinajstić information content (AvgIpc) is 3.16. The van der Waals surface area contributed by atoms with E-state index in [9.17, 15) is 18.0 Å². The molecule has 0 amide bonds. The number of hydrogen-bond donors (Lipinski definition) is 0. The maximum absolute atomic E-state index is 13.2. The summed E-state index contributed by atoms with van der Waals surface area (Å²) in [6.07, 6.45) is -2.77. The van der Waals surface area contributed by atoms with Gasteiger partial charge in [0.15, 0.2) is 0 Å². The largest absolute Gasteiger partial charge is 0.416 e. The average molecular weight is 412 g/mol. The molecule has 0 fully saturated rings. The van der Waals surface area contributed by atoms with Gasteiger partial charge in [-0.3, -0.25) is 4.79 Å². The first kappa shape index (κ1) is 19.9. The smallest absolute Gasteiger partial charge is 0.265 e. The van der Waals surface area contributed by atoms with E-state index >= 15 is 0 Å². The van der Waals surface area contributed by atoms with Crippen LogP contribution in [-0.2, 0) is 12.7 Å². The van der Waals surface area contributed by atoms with Crippen molar-refractivity contribution in [3.8, 4) is 5.69 Å². The molecule has 2 heterocycles. The van der Waals surface area contributed by atoms with E-state index in [2.05, 4.69) is 10.2 Å². The highest BCUT2D eigenvalue weighted by molar-refractivity contribution is 5.82. The van der Waals surface area contributed by atoms with Gasteiger partial charge in [0, 0.05) is 5.39 Å². The zero-order valence-electron chi connectivity index (χ0n) is 16.4. The number of nitrogens with zero attached hydrogens (tertiary/aromatic N) is 4. The third kappa shape index (κ3) is 3.60. The summed E-state index contributed by atoms with van der Waals surface area (Å²) < 4.78 is 41.3. The Morgan fingerprint density at radius 1 is 1.00 bits per heavy atom. The van der Waals surface area contributed by atoms with Crippen molar-refractivity contribution >= 4 is 10.9 Å². The molecule has 0 spiro atoms. The summed E-state index contributed by atoms with van der Waals surface area (Å²) in [4.78, 5) is 13.2. The molecule has 0 atom stereocenters. The van der Waals surface area contributed by atoms with Crippen molar-refractivity contribution in [2.75, 3.05) is 0 Å². The van der Waals surface area contributed by atoms with Gasteiger partial charge in [0.1, 0.15) is 5.52 Å². The Morgan fingerprint density at radius 2 is 1.67 bits per heavy atom. The Balaban J connectivity index is 1.84. The Kier molecular flexibility index (Phi) is 4.93. The molecule has 4 rings (SSSR count). The molecule has 0 saturated heterocycles. The SMILES string of the molecule is CC(C)c1nn(Cc2ccc(C(F)(F)F)cc2)c(=O)c2c1cnn2-c1ccccc1. The van der Waals surface area contributed by atoms with Gasteiger partial charge in [-0.05, 0) is 35.7 Å². The van der Waals surface area contributed by atoms with E-state index in [-0.39, 0.29) is 18.0 Å². The summed E-state index contributed by atoms with van der Waals surface area (Å²) >= 11 is 0. The molecule has 2 aromatic carbocycles. The predicted octanol–water partition coefficient (Wildman–Crippen LogP) is 4.77. The topological polar surface area (TPSA) is 52.7 Å². The zero-order valence-corrected chi connectivity index (χ0v) is 16.4. The molecule has 0 bridgehead atoms. The molecule has 0 N–H and O–H groups in total. The first-order valence-electron chi connectivity index (χ1n) is 9.46. The Morgan fingerprint density at radius 3 is 2.27 bits per heavy atom. The second kappa shape index (κ2) is 7.44. The van der Waals surface area contributed by atoms with E-state index in [1.807, 2.05) is 44.2 Å². The van der Waals surface area contributed by atoms with E-state index in [1.54, 1.807) is 10.9 Å². The van der Waals surface area contributed by atoms with E-state index in [4.69, 9.17) is 0 Å². The minimum Gasteiger partial charge on any atom is -0.265 e. The van der Waals surface area contributed by atoms with Crippen molar-refractivity contribution in [1.29, 1.82) is 0 Å². The molecular formula is C22H19F3N4O. The Labute approximate surface area is 170 Å². The second-order valence-corrected chi connectivity index (χ2v) is 7.35. The number of alkyl halides is 3. The van der Waals surface area contributed by atoms with Crippen molar-refractivity contribution in [2.45, 2.75) is 32.5 Å². The van der Waals surface area contributed by atoms with Crippen LogP contribution in [0.15, 0.2) is 65.6 Å². The van der Waals surface area contributed by atoms with Crippen LogP contribution in [0.2, 0.25) is 0 Å². The molecule has 0 aliphatic carbocycles. The van der Waals surface area contributed by atoms with Crippen LogP contribution in [0.4, 0.5) is 13.2 Å². The standard InChI is InChI=1S/C22H19F3N4O/c1-14(2)19-18-12-26-29(17-6-4-3-5-7-17)20(18)21(30)28(27-19)13-15-8-10-16(11-9-15)22(23,24)25/h3-12,14H,13H2,1-2H3. The molecule has 30 heavy (non-hydrogen) atoms. The summed E-state index contributed by atoms with van der Waals surface area (Å²) in [7, 11) is 0. The molecule has 0 aliphatic rings. The fourth-order valence-electron chi connectivity index (χ4n) is 3.36. The third-order valence-electron chi connectivity index (χ3n) is 4.87. The highest BCUT2D eigenvalue weighted by atomic mass is 19.4. The third-order valence-corrected chi connectivity index (χ3v) is 4.87. The lowest BCUT2D eigenvalue weighted by atomic mass is 10.1. The number of rotatable bonds is 4.